The molecule has 0 aromatic carbocycles. The Morgan fingerprint density at radius 1 is 1.42 bits per heavy atom. The number of rotatable bonds is 6. The molecule has 0 unspecified atom stereocenters. The van der Waals surface area contributed by atoms with Gasteiger partial charge < -0.3 is 16.2 Å². The highest BCUT2D eigenvalue weighted by Gasteiger charge is 2.29. The maximum Gasteiger partial charge on any atom is 0.347 e. The molecule has 1 heterocycles. The normalized spacial score (nSPS) is 11.4. The van der Waals surface area contributed by atoms with Crippen LogP contribution in [0.4, 0.5) is 0 Å². The van der Waals surface area contributed by atoms with E-state index in [1.807, 2.05) is 13.8 Å². The van der Waals surface area contributed by atoms with Gasteiger partial charge in [0.15, 0.2) is 0 Å². The van der Waals surface area contributed by atoms with Crippen molar-refractivity contribution in [1.82, 2.24) is 10.3 Å². The van der Waals surface area contributed by atoms with Crippen molar-refractivity contribution in [2.24, 2.45) is 5.73 Å². The summed E-state index contributed by atoms with van der Waals surface area (Å²) in [6.07, 6.45) is 1.10. The average molecular weight is 285 g/mol. The van der Waals surface area contributed by atoms with Gasteiger partial charge in [-0.15, -0.1) is 11.3 Å². The van der Waals surface area contributed by atoms with Crippen LogP contribution in [0.25, 0.3) is 0 Å². The zero-order valence-electron chi connectivity index (χ0n) is 11.3. The van der Waals surface area contributed by atoms with E-state index in [9.17, 15) is 9.59 Å². The molecule has 7 heteroatoms. The van der Waals surface area contributed by atoms with Gasteiger partial charge in [-0.1, -0.05) is 13.8 Å². The molecule has 0 radical (unpaired) electrons. The SMILES string of the molecule is CCC(N)(CC)C(=O)NCc1nc(C)c(C(=O)O)s1. The average Bonchev–Trinajstić information content (AvgIpc) is 2.76. The number of hydrogen-bond acceptors (Lipinski definition) is 5. The van der Waals surface area contributed by atoms with E-state index in [1.54, 1.807) is 6.92 Å². The van der Waals surface area contributed by atoms with E-state index < -0.39 is 11.5 Å². The summed E-state index contributed by atoms with van der Waals surface area (Å²) in [7, 11) is 0. The van der Waals surface area contributed by atoms with Gasteiger partial charge in [0.05, 0.1) is 17.8 Å². The molecule has 0 fully saturated rings. The molecule has 0 atom stereocenters. The van der Waals surface area contributed by atoms with Gasteiger partial charge in [0.1, 0.15) is 9.88 Å². The van der Waals surface area contributed by atoms with Crippen molar-refractivity contribution in [2.75, 3.05) is 0 Å². The molecule has 0 spiro atoms. The lowest BCUT2D eigenvalue weighted by atomic mass is 9.93. The third-order valence-corrected chi connectivity index (χ3v) is 4.29. The molecule has 0 aliphatic rings. The summed E-state index contributed by atoms with van der Waals surface area (Å²) >= 11 is 1.07. The van der Waals surface area contributed by atoms with Crippen LogP contribution < -0.4 is 11.1 Å². The first-order chi connectivity index (χ1) is 8.84. The van der Waals surface area contributed by atoms with Gasteiger partial charge in [-0.3, -0.25) is 4.79 Å². The predicted octanol–water partition coefficient (Wildman–Crippen LogP) is 1.28. The Labute approximate surface area is 116 Å². The zero-order valence-corrected chi connectivity index (χ0v) is 12.1. The molecule has 0 saturated carbocycles. The maximum absolute atomic E-state index is 12.0. The summed E-state index contributed by atoms with van der Waals surface area (Å²) in [6.45, 7) is 5.56. The van der Waals surface area contributed by atoms with Gasteiger partial charge in [-0.25, -0.2) is 9.78 Å². The van der Waals surface area contributed by atoms with Crippen LogP contribution >= 0.6 is 11.3 Å². The lowest BCUT2D eigenvalue weighted by Gasteiger charge is -2.24. The van der Waals surface area contributed by atoms with Crippen LogP contribution in [0.3, 0.4) is 0 Å². The van der Waals surface area contributed by atoms with Crippen LogP contribution in [0.1, 0.15) is 47.1 Å². The number of nitrogens with one attached hydrogen (secondary N) is 1. The molecule has 0 saturated heterocycles. The molecular formula is C12H19N3O3S. The van der Waals surface area contributed by atoms with Crippen LogP contribution in [-0.2, 0) is 11.3 Å². The summed E-state index contributed by atoms with van der Waals surface area (Å²) in [5.41, 5.74) is 5.56. The lowest BCUT2D eigenvalue weighted by Crippen LogP contribution is -2.52. The Morgan fingerprint density at radius 3 is 2.42 bits per heavy atom. The van der Waals surface area contributed by atoms with Crippen molar-refractivity contribution in [2.45, 2.75) is 45.7 Å². The van der Waals surface area contributed by atoms with Crippen LogP contribution in [0.5, 0.6) is 0 Å². The second-order valence-electron chi connectivity index (χ2n) is 4.37. The van der Waals surface area contributed by atoms with Crippen molar-refractivity contribution in [3.63, 3.8) is 0 Å². The molecule has 1 rings (SSSR count). The molecule has 1 amide bonds. The van der Waals surface area contributed by atoms with E-state index in [2.05, 4.69) is 10.3 Å². The smallest absolute Gasteiger partial charge is 0.347 e. The molecule has 6 nitrogen and oxygen atoms in total. The van der Waals surface area contributed by atoms with Gasteiger partial charge in [-0.05, 0) is 19.8 Å². The summed E-state index contributed by atoms with van der Waals surface area (Å²) in [6, 6.07) is 0. The largest absolute Gasteiger partial charge is 0.477 e. The standard InChI is InChI=1S/C12H19N3O3S/c1-4-12(13,5-2)11(18)14-6-8-15-7(3)9(19-8)10(16)17/h4-6,13H2,1-3H3,(H,14,18)(H,16,17). The third-order valence-electron chi connectivity index (χ3n) is 3.15. The number of aryl methyl sites for hydroxylation is 1. The van der Waals surface area contributed by atoms with Crippen LogP contribution in [0, 0.1) is 6.92 Å². The molecule has 19 heavy (non-hydrogen) atoms. The number of nitrogens with zero attached hydrogens (tertiary/aromatic N) is 1. The monoisotopic (exact) mass is 285 g/mol. The zero-order chi connectivity index (χ0) is 14.6. The van der Waals surface area contributed by atoms with E-state index in [0.29, 0.717) is 23.5 Å². The number of carbonyl (C=O) groups is 2. The third kappa shape index (κ3) is 3.51. The number of aromatic carboxylic acids is 1. The predicted molar refractivity (Wildman–Crippen MR) is 73.2 cm³/mol. The molecule has 0 bridgehead atoms. The first kappa shape index (κ1) is 15.6. The van der Waals surface area contributed by atoms with E-state index in [1.165, 1.54) is 0 Å². The van der Waals surface area contributed by atoms with Crippen LogP contribution in [0.15, 0.2) is 0 Å². The summed E-state index contributed by atoms with van der Waals surface area (Å²) in [5.74, 6) is -1.23. The van der Waals surface area contributed by atoms with Crippen molar-refractivity contribution < 1.29 is 14.7 Å². The van der Waals surface area contributed by atoms with Crippen molar-refractivity contribution in [3.05, 3.63) is 15.6 Å². The summed E-state index contributed by atoms with van der Waals surface area (Å²) in [5, 5.41) is 12.2. The number of carboxylic acids is 1. The number of carbonyl (C=O) groups excluding carboxylic acids is 1. The second kappa shape index (κ2) is 6.12. The molecule has 106 valence electrons. The molecule has 0 aliphatic carbocycles. The van der Waals surface area contributed by atoms with Gasteiger partial charge >= 0.3 is 5.97 Å². The van der Waals surface area contributed by atoms with Gasteiger partial charge in [0, 0.05) is 0 Å². The van der Waals surface area contributed by atoms with Gasteiger partial charge in [0.2, 0.25) is 5.91 Å². The van der Waals surface area contributed by atoms with Gasteiger partial charge in [-0.2, -0.15) is 0 Å². The van der Waals surface area contributed by atoms with Gasteiger partial charge in [0.25, 0.3) is 0 Å². The quantitative estimate of drug-likeness (QED) is 0.730. The topological polar surface area (TPSA) is 105 Å². The summed E-state index contributed by atoms with van der Waals surface area (Å²) in [4.78, 5) is 27.2. The Kier molecular flexibility index (Phi) is 5.02. The number of nitrogens with two attached hydrogens (primary N) is 1. The van der Waals surface area contributed by atoms with Crippen molar-refractivity contribution >= 4 is 23.2 Å². The molecular weight excluding hydrogens is 266 g/mol. The Morgan fingerprint density at radius 2 is 2.00 bits per heavy atom. The minimum Gasteiger partial charge on any atom is -0.477 e. The van der Waals surface area contributed by atoms with E-state index >= 15 is 0 Å². The Bertz CT molecular complexity index is 481. The first-order valence-electron chi connectivity index (χ1n) is 6.10. The fraction of sp³-hybridized carbons (Fsp3) is 0.583. The molecule has 0 aliphatic heterocycles. The number of carboxylic acid groups (broad SMARTS) is 1. The number of amides is 1. The fourth-order valence-electron chi connectivity index (χ4n) is 1.63. The number of aromatic nitrogens is 1. The highest BCUT2D eigenvalue weighted by atomic mass is 32.1. The van der Waals surface area contributed by atoms with Crippen LogP contribution in [0.2, 0.25) is 0 Å². The van der Waals surface area contributed by atoms with E-state index in [0.717, 1.165) is 11.3 Å². The molecule has 1 aromatic rings. The minimum absolute atomic E-state index is 0.203. The van der Waals surface area contributed by atoms with Crippen LogP contribution in [-0.4, -0.2) is 27.5 Å². The second-order valence-corrected chi connectivity index (χ2v) is 5.46. The van der Waals surface area contributed by atoms with E-state index in [4.69, 9.17) is 10.8 Å². The Hall–Kier alpha value is -1.47. The number of thiazole rings is 1. The maximum atomic E-state index is 12.0. The fourth-order valence-corrected chi connectivity index (χ4v) is 2.47. The Balaban J connectivity index is 2.70. The van der Waals surface area contributed by atoms with E-state index in [-0.39, 0.29) is 17.3 Å². The molecule has 4 N–H and O–H groups in total. The lowest BCUT2D eigenvalue weighted by molar-refractivity contribution is -0.126. The van der Waals surface area contributed by atoms with Crippen molar-refractivity contribution in [1.29, 1.82) is 0 Å². The highest BCUT2D eigenvalue weighted by molar-refractivity contribution is 7.13. The molecule has 1 aromatic heterocycles. The number of hydrogen-bond donors (Lipinski definition) is 3. The van der Waals surface area contributed by atoms with Crippen molar-refractivity contribution in [3.8, 4) is 0 Å². The summed E-state index contributed by atoms with van der Waals surface area (Å²) < 4.78 is 0. The highest BCUT2D eigenvalue weighted by Crippen LogP contribution is 2.18. The first-order valence-corrected chi connectivity index (χ1v) is 6.92. The minimum atomic E-state index is -0.997.